The summed E-state index contributed by atoms with van der Waals surface area (Å²) in [7, 11) is 6.22. The number of benzene rings is 2. The Hall–Kier alpha value is -4.30. The molecule has 1 aliphatic rings. The molecule has 1 aliphatic carbocycles. The van der Waals surface area contributed by atoms with Crippen LogP contribution in [0.25, 0.3) is 0 Å². The average molecular weight is 639 g/mol. The molecule has 0 bridgehead atoms. The highest BCUT2D eigenvalue weighted by atomic mass is 32.1. The number of rotatable bonds is 12. The van der Waals surface area contributed by atoms with Crippen LogP contribution < -0.4 is 29.6 Å². The van der Waals surface area contributed by atoms with Crippen molar-refractivity contribution >= 4 is 44.8 Å². The molecule has 14 heteroatoms. The van der Waals surface area contributed by atoms with Crippen molar-refractivity contribution in [2.45, 2.75) is 50.4 Å². The van der Waals surface area contributed by atoms with Crippen molar-refractivity contribution in [3.05, 3.63) is 57.5 Å². The maximum Gasteiger partial charge on any atom is 0.230 e. The van der Waals surface area contributed by atoms with E-state index in [1.54, 1.807) is 40.6 Å². The topological polar surface area (TPSA) is 147 Å². The second kappa shape index (κ2) is 14.4. The van der Waals surface area contributed by atoms with Gasteiger partial charge in [0.05, 0.1) is 41.3 Å². The molecule has 1 fully saturated rings. The van der Waals surface area contributed by atoms with Crippen molar-refractivity contribution in [2.75, 3.05) is 39.1 Å². The quantitative estimate of drug-likeness (QED) is 0.212. The van der Waals surface area contributed by atoms with Crippen LogP contribution in [0.5, 0.6) is 23.0 Å². The van der Waals surface area contributed by atoms with E-state index in [0.29, 0.717) is 33.3 Å². The highest BCUT2D eigenvalue weighted by Gasteiger charge is 2.29. The number of carbonyl (C=O) groups is 2. The largest absolute Gasteiger partial charge is 0.493 e. The van der Waals surface area contributed by atoms with Crippen LogP contribution in [0.4, 0.5) is 10.3 Å². The van der Waals surface area contributed by atoms with Gasteiger partial charge >= 0.3 is 0 Å². The Morgan fingerprint density at radius 1 is 0.705 bits per heavy atom. The zero-order valence-electron chi connectivity index (χ0n) is 24.9. The molecule has 2 amide bonds. The molecule has 0 saturated heterocycles. The van der Waals surface area contributed by atoms with E-state index in [0.717, 1.165) is 46.8 Å². The van der Waals surface area contributed by atoms with Gasteiger partial charge in [-0.25, -0.2) is 0 Å². The number of carbonyl (C=O) groups excluding carboxylic acids is 2. The van der Waals surface area contributed by atoms with E-state index >= 15 is 0 Å². The van der Waals surface area contributed by atoms with Crippen molar-refractivity contribution in [1.29, 1.82) is 0 Å². The second-order valence-electron chi connectivity index (χ2n) is 10.2. The minimum absolute atomic E-state index is 0.115. The molecule has 2 unspecified atom stereocenters. The first-order chi connectivity index (χ1) is 21.4. The van der Waals surface area contributed by atoms with Crippen LogP contribution in [-0.4, -0.2) is 60.6 Å². The van der Waals surface area contributed by atoms with E-state index in [2.05, 4.69) is 31.0 Å². The predicted octanol–water partition coefficient (Wildman–Crippen LogP) is 5.23. The number of para-hydroxylation sites is 2. The molecule has 12 nitrogen and oxygen atoms in total. The van der Waals surface area contributed by atoms with Gasteiger partial charge in [0.2, 0.25) is 22.1 Å². The van der Waals surface area contributed by atoms with Gasteiger partial charge in [0, 0.05) is 23.0 Å². The van der Waals surface area contributed by atoms with Crippen LogP contribution in [0, 0.1) is 0 Å². The summed E-state index contributed by atoms with van der Waals surface area (Å²) in [4.78, 5) is 25.6. The monoisotopic (exact) mass is 638 g/mol. The molecule has 1 saturated carbocycles. The molecule has 5 rings (SSSR count). The van der Waals surface area contributed by atoms with E-state index in [1.807, 2.05) is 24.3 Å². The number of hydrogen-bond donors (Lipinski definition) is 2. The Bertz CT molecular complexity index is 1490. The third-order valence-corrected chi connectivity index (χ3v) is 9.42. The summed E-state index contributed by atoms with van der Waals surface area (Å²) >= 11 is 2.79. The summed E-state index contributed by atoms with van der Waals surface area (Å²) in [5, 5.41) is 25.7. The highest BCUT2D eigenvalue weighted by Crippen LogP contribution is 2.43. The van der Waals surface area contributed by atoms with Gasteiger partial charge < -0.3 is 29.6 Å². The summed E-state index contributed by atoms with van der Waals surface area (Å²) < 4.78 is 21.5. The maximum atomic E-state index is 12.8. The predicted molar refractivity (Wildman–Crippen MR) is 168 cm³/mol. The minimum atomic E-state index is -0.214. The van der Waals surface area contributed by atoms with E-state index in [9.17, 15) is 9.59 Å². The lowest BCUT2D eigenvalue weighted by molar-refractivity contribution is -0.116. The van der Waals surface area contributed by atoms with Gasteiger partial charge in [-0.15, -0.1) is 20.4 Å². The molecule has 2 heterocycles. The maximum absolute atomic E-state index is 12.8. The average Bonchev–Trinajstić information content (AvgIpc) is 3.70. The first-order valence-corrected chi connectivity index (χ1v) is 15.7. The third kappa shape index (κ3) is 7.25. The van der Waals surface area contributed by atoms with E-state index < -0.39 is 0 Å². The molecule has 2 atom stereocenters. The molecule has 4 aromatic rings. The molecule has 44 heavy (non-hydrogen) atoms. The van der Waals surface area contributed by atoms with Gasteiger partial charge in [-0.3, -0.25) is 9.59 Å². The van der Waals surface area contributed by atoms with E-state index in [-0.39, 0.29) is 36.5 Å². The zero-order chi connectivity index (χ0) is 31.1. The van der Waals surface area contributed by atoms with Gasteiger partial charge in [-0.2, -0.15) is 0 Å². The smallest absolute Gasteiger partial charge is 0.230 e. The minimum Gasteiger partial charge on any atom is -0.493 e. The Morgan fingerprint density at radius 3 is 1.57 bits per heavy atom. The molecule has 2 aromatic heterocycles. The van der Waals surface area contributed by atoms with Crippen LogP contribution >= 0.6 is 22.7 Å². The normalized spacial score (nSPS) is 16.2. The number of ether oxygens (including phenoxy) is 4. The Labute approximate surface area is 263 Å². The number of nitrogens with one attached hydrogen (secondary N) is 2. The zero-order valence-corrected chi connectivity index (χ0v) is 26.5. The summed E-state index contributed by atoms with van der Waals surface area (Å²) in [6.45, 7) is 0. The molecule has 2 aromatic carbocycles. The summed E-state index contributed by atoms with van der Waals surface area (Å²) in [6, 6.07) is 10.9. The lowest BCUT2D eigenvalue weighted by Crippen LogP contribution is -2.15. The number of methoxy groups -OCH3 is 4. The van der Waals surface area contributed by atoms with Crippen LogP contribution in [-0.2, 0) is 22.4 Å². The Balaban J connectivity index is 1.17. The molecular weight excluding hydrogens is 605 g/mol. The van der Waals surface area contributed by atoms with Gasteiger partial charge in [0.1, 0.15) is 10.0 Å². The number of hydrogen-bond acceptors (Lipinski definition) is 12. The Morgan fingerprint density at radius 2 is 1.16 bits per heavy atom. The molecule has 0 radical (unpaired) electrons. The second-order valence-corrected chi connectivity index (χ2v) is 12.2. The summed E-state index contributed by atoms with van der Waals surface area (Å²) in [5.41, 5.74) is 1.44. The summed E-state index contributed by atoms with van der Waals surface area (Å²) in [6.07, 6.45) is 4.03. The van der Waals surface area contributed by atoms with Crippen LogP contribution in [0.15, 0.2) is 36.4 Å². The standard InChI is InChI=1S/C30H34N6O6S2/c1-39-21-12-6-8-17(25(21)41-3)15-23(37)31-29-35-33-27(43-29)19-10-5-11-20(14-19)28-34-36-30(44-28)32-24(38)16-18-9-7-13-22(40-2)26(18)42-4/h6-9,12-13,19-20H,5,10-11,14-16H2,1-4H3,(H,31,35,37)(H,32,36,38). The number of anilines is 2. The van der Waals surface area contributed by atoms with E-state index in [4.69, 9.17) is 18.9 Å². The van der Waals surface area contributed by atoms with Gasteiger partial charge in [-0.1, -0.05) is 53.4 Å². The van der Waals surface area contributed by atoms with Crippen LogP contribution in [0.3, 0.4) is 0 Å². The van der Waals surface area contributed by atoms with Crippen LogP contribution in [0.1, 0.15) is 58.7 Å². The number of aromatic nitrogens is 4. The molecule has 0 aliphatic heterocycles. The molecule has 0 spiro atoms. The first kappa shape index (κ1) is 31.1. The lowest BCUT2D eigenvalue weighted by Gasteiger charge is -2.25. The van der Waals surface area contributed by atoms with Crippen molar-refractivity contribution in [1.82, 2.24) is 20.4 Å². The number of amides is 2. The van der Waals surface area contributed by atoms with E-state index in [1.165, 1.54) is 22.7 Å². The lowest BCUT2D eigenvalue weighted by atomic mass is 9.82. The first-order valence-electron chi connectivity index (χ1n) is 14.1. The number of nitrogens with zero attached hydrogens (tertiary/aromatic N) is 4. The molecule has 2 N–H and O–H groups in total. The van der Waals surface area contributed by atoms with Gasteiger partial charge in [0.15, 0.2) is 23.0 Å². The van der Waals surface area contributed by atoms with Crippen molar-refractivity contribution in [2.24, 2.45) is 0 Å². The SMILES string of the molecule is COc1cccc(CC(=O)Nc2nnc(C3CCCC(c4nnc(NC(=O)Cc5cccc(OC)c5OC)s4)C3)s2)c1OC. The van der Waals surface area contributed by atoms with Crippen molar-refractivity contribution in [3.63, 3.8) is 0 Å². The summed E-state index contributed by atoms with van der Waals surface area (Å²) in [5.74, 6) is 2.17. The third-order valence-electron chi connectivity index (χ3n) is 7.42. The van der Waals surface area contributed by atoms with Gasteiger partial charge in [0.25, 0.3) is 0 Å². The van der Waals surface area contributed by atoms with Crippen molar-refractivity contribution < 1.29 is 28.5 Å². The fraction of sp³-hybridized carbons (Fsp3) is 0.400. The highest BCUT2D eigenvalue weighted by molar-refractivity contribution is 7.15. The molecular formula is C30H34N6O6S2. The van der Waals surface area contributed by atoms with Crippen LogP contribution in [0.2, 0.25) is 0 Å². The fourth-order valence-corrected chi connectivity index (χ4v) is 7.21. The van der Waals surface area contributed by atoms with Gasteiger partial charge in [-0.05, 0) is 31.4 Å². The molecule has 232 valence electrons. The van der Waals surface area contributed by atoms with Crippen molar-refractivity contribution in [3.8, 4) is 23.0 Å². The fourth-order valence-electron chi connectivity index (χ4n) is 5.40. The Kier molecular flexibility index (Phi) is 10.2.